The highest BCUT2D eigenvalue weighted by Gasteiger charge is 2.21. The largest absolute Gasteiger partial charge is 0.347 e. The maximum Gasteiger partial charge on any atom is 0.217 e. The summed E-state index contributed by atoms with van der Waals surface area (Å²) in [6.45, 7) is 5.52. The van der Waals surface area contributed by atoms with E-state index in [1.807, 2.05) is 32.2 Å². The fourth-order valence-corrected chi connectivity index (χ4v) is 2.72. The van der Waals surface area contributed by atoms with Gasteiger partial charge in [-0.1, -0.05) is 12.1 Å². The molecule has 0 aliphatic rings. The summed E-state index contributed by atoms with van der Waals surface area (Å²) in [6.07, 6.45) is 5.40. The van der Waals surface area contributed by atoms with Crippen LogP contribution in [0.5, 0.6) is 0 Å². The molecular weight excluding hydrogens is 286 g/mol. The van der Waals surface area contributed by atoms with E-state index in [1.54, 1.807) is 12.4 Å². The third-order valence-corrected chi connectivity index (χ3v) is 3.91. The number of hydrogen-bond acceptors (Lipinski definition) is 3. The number of nitrogens with one attached hydrogen (secondary N) is 1. The molecule has 0 aliphatic heterocycles. The van der Waals surface area contributed by atoms with E-state index in [9.17, 15) is 4.79 Å². The quantitative estimate of drug-likeness (QED) is 0.803. The number of carbonyl (C=O) groups excluding carboxylic acids is 1. The first-order valence-corrected chi connectivity index (χ1v) is 7.55. The maximum absolute atomic E-state index is 11.4. The molecule has 0 radical (unpaired) electrons. The van der Waals surface area contributed by atoms with E-state index in [0.29, 0.717) is 0 Å². The summed E-state index contributed by atoms with van der Waals surface area (Å²) >= 11 is 0. The molecule has 4 nitrogen and oxygen atoms in total. The molecule has 1 N–H and O–H groups in total. The smallest absolute Gasteiger partial charge is 0.217 e. The number of aromatic nitrogens is 2. The molecule has 0 saturated heterocycles. The Morgan fingerprint density at radius 1 is 1.04 bits per heavy atom. The van der Waals surface area contributed by atoms with E-state index < -0.39 is 5.54 Å². The van der Waals surface area contributed by atoms with Gasteiger partial charge < -0.3 is 5.32 Å². The minimum absolute atomic E-state index is 0.0405. The van der Waals surface area contributed by atoms with Crippen LogP contribution in [0.1, 0.15) is 26.3 Å². The van der Waals surface area contributed by atoms with Crippen LogP contribution in [0.3, 0.4) is 0 Å². The Balaban J connectivity index is 2.01. The highest BCUT2D eigenvalue weighted by Crippen LogP contribution is 2.26. The molecule has 4 heteroatoms. The van der Waals surface area contributed by atoms with Gasteiger partial charge in [0.1, 0.15) is 0 Å². The Labute approximate surface area is 135 Å². The fraction of sp³-hybridized carbons (Fsp3) is 0.211. The summed E-state index contributed by atoms with van der Waals surface area (Å²) in [5.74, 6) is -0.0405. The molecule has 0 aliphatic carbocycles. The highest BCUT2D eigenvalue weighted by atomic mass is 16.1. The molecular formula is C19H19N3O. The van der Waals surface area contributed by atoms with Gasteiger partial charge in [0.05, 0.1) is 11.2 Å². The molecule has 0 atom stereocenters. The first kappa shape index (κ1) is 15.2. The number of nitrogens with zero attached hydrogens (tertiary/aromatic N) is 2. The van der Waals surface area contributed by atoms with Crippen molar-refractivity contribution in [1.29, 1.82) is 0 Å². The van der Waals surface area contributed by atoms with Crippen LogP contribution < -0.4 is 5.32 Å². The van der Waals surface area contributed by atoms with Crippen molar-refractivity contribution in [3.05, 3.63) is 60.6 Å². The first-order valence-electron chi connectivity index (χ1n) is 7.55. The average Bonchev–Trinajstić information content (AvgIpc) is 2.53. The van der Waals surface area contributed by atoms with Crippen molar-refractivity contribution in [3.8, 4) is 11.3 Å². The van der Waals surface area contributed by atoms with Gasteiger partial charge >= 0.3 is 0 Å². The van der Waals surface area contributed by atoms with Crippen molar-refractivity contribution < 1.29 is 4.79 Å². The lowest BCUT2D eigenvalue weighted by atomic mass is 9.92. The Kier molecular flexibility index (Phi) is 3.82. The zero-order valence-electron chi connectivity index (χ0n) is 13.5. The van der Waals surface area contributed by atoms with Crippen LogP contribution in [-0.4, -0.2) is 15.9 Å². The standard InChI is InChI=1S/C19H19N3O/c1-13(23)22-19(2,3)17-5-4-15-11-18(21-12-16(15)10-17)14-6-8-20-9-7-14/h4-12H,1-3H3,(H,22,23). The van der Waals surface area contributed by atoms with Crippen LogP contribution in [-0.2, 0) is 10.3 Å². The number of carbonyl (C=O) groups is 1. The van der Waals surface area contributed by atoms with Crippen LogP contribution in [0.15, 0.2) is 55.0 Å². The van der Waals surface area contributed by atoms with E-state index in [1.165, 1.54) is 6.92 Å². The molecule has 3 aromatic rings. The molecule has 1 aromatic carbocycles. The molecule has 2 heterocycles. The van der Waals surface area contributed by atoms with Crippen molar-refractivity contribution in [2.75, 3.05) is 0 Å². The second kappa shape index (κ2) is 5.80. The van der Waals surface area contributed by atoms with Crippen LogP contribution in [0.25, 0.3) is 22.0 Å². The fourth-order valence-electron chi connectivity index (χ4n) is 2.72. The van der Waals surface area contributed by atoms with Crippen molar-refractivity contribution >= 4 is 16.7 Å². The summed E-state index contributed by atoms with van der Waals surface area (Å²) in [5.41, 5.74) is 2.61. The van der Waals surface area contributed by atoms with Crippen molar-refractivity contribution in [2.24, 2.45) is 0 Å². The van der Waals surface area contributed by atoms with Gasteiger partial charge in [-0.25, -0.2) is 0 Å². The molecule has 0 spiro atoms. The second-order valence-electron chi connectivity index (χ2n) is 6.17. The van der Waals surface area contributed by atoms with Gasteiger partial charge in [0, 0.05) is 36.5 Å². The van der Waals surface area contributed by atoms with Crippen molar-refractivity contribution in [1.82, 2.24) is 15.3 Å². The Morgan fingerprint density at radius 3 is 2.48 bits per heavy atom. The molecule has 2 aromatic heterocycles. The SMILES string of the molecule is CC(=O)NC(C)(C)c1ccc2cc(-c3ccncc3)ncc2c1. The highest BCUT2D eigenvalue weighted by molar-refractivity contribution is 5.86. The lowest BCUT2D eigenvalue weighted by Gasteiger charge is -2.26. The predicted octanol–water partition coefficient (Wildman–Crippen LogP) is 3.67. The van der Waals surface area contributed by atoms with Crippen LogP contribution in [0.2, 0.25) is 0 Å². The summed E-state index contributed by atoms with van der Waals surface area (Å²) < 4.78 is 0. The molecule has 0 unspecified atom stereocenters. The number of pyridine rings is 2. The van der Waals surface area contributed by atoms with Gasteiger partial charge in [-0.2, -0.15) is 0 Å². The van der Waals surface area contributed by atoms with Gasteiger partial charge in [0.25, 0.3) is 0 Å². The van der Waals surface area contributed by atoms with E-state index in [0.717, 1.165) is 27.6 Å². The summed E-state index contributed by atoms with van der Waals surface area (Å²) in [6, 6.07) is 12.2. The molecule has 1 amide bonds. The third-order valence-electron chi connectivity index (χ3n) is 3.91. The monoisotopic (exact) mass is 305 g/mol. The number of amides is 1. The third kappa shape index (κ3) is 3.21. The maximum atomic E-state index is 11.4. The molecule has 3 rings (SSSR count). The van der Waals surface area contributed by atoms with Gasteiger partial charge in [0.2, 0.25) is 5.91 Å². The van der Waals surface area contributed by atoms with Gasteiger partial charge in [-0.05, 0) is 49.1 Å². The zero-order valence-corrected chi connectivity index (χ0v) is 13.5. The van der Waals surface area contributed by atoms with Gasteiger partial charge in [0.15, 0.2) is 0 Å². The number of benzene rings is 1. The normalized spacial score (nSPS) is 11.4. The lowest BCUT2D eigenvalue weighted by Crippen LogP contribution is -2.39. The summed E-state index contributed by atoms with van der Waals surface area (Å²) in [7, 11) is 0. The van der Waals surface area contributed by atoms with E-state index in [-0.39, 0.29) is 5.91 Å². The van der Waals surface area contributed by atoms with Gasteiger partial charge in [-0.3, -0.25) is 14.8 Å². The second-order valence-corrected chi connectivity index (χ2v) is 6.17. The number of rotatable bonds is 3. The lowest BCUT2D eigenvalue weighted by molar-refractivity contribution is -0.120. The Bertz CT molecular complexity index is 857. The Morgan fingerprint density at radius 2 is 1.78 bits per heavy atom. The van der Waals surface area contributed by atoms with Crippen molar-refractivity contribution in [3.63, 3.8) is 0 Å². The van der Waals surface area contributed by atoms with E-state index in [4.69, 9.17) is 0 Å². The predicted molar refractivity (Wildman–Crippen MR) is 91.8 cm³/mol. The zero-order chi connectivity index (χ0) is 16.4. The number of fused-ring (bicyclic) bond motifs is 1. The molecule has 116 valence electrons. The van der Waals surface area contributed by atoms with Crippen LogP contribution in [0, 0.1) is 0 Å². The van der Waals surface area contributed by atoms with Crippen LogP contribution >= 0.6 is 0 Å². The summed E-state index contributed by atoms with van der Waals surface area (Å²) in [5, 5.41) is 5.15. The molecule has 0 fully saturated rings. The molecule has 23 heavy (non-hydrogen) atoms. The van der Waals surface area contributed by atoms with Gasteiger partial charge in [-0.15, -0.1) is 0 Å². The Hall–Kier alpha value is -2.75. The molecule has 0 saturated carbocycles. The topological polar surface area (TPSA) is 54.9 Å². The summed E-state index contributed by atoms with van der Waals surface area (Å²) in [4.78, 5) is 19.9. The minimum atomic E-state index is -0.413. The minimum Gasteiger partial charge on any atom is -0.347 e. The van der Waals surface area contributed by atoms with Crippen LogP contribution in [0.4, 0.5) is 0 Å². The average molecular weight is 305 g/mol. The van der Waals surface area contributed by atoms with Crippen molar-refractivity contribution in [2.45, 2.75) is 26.3 Å². The van der Waals surface area contributed by atoms with E-state index in [2.05, 4.69) is 39.6 Å². The first-order chi connectivity index (χ1) is 11.0. The number of hydrogen-bond donors (Lipinski definition) is 1. The molecule has 0 bridgehead atoms. The van der Waals surface area contributed by atoms with E-state index >= 15 is 0 Å².